The van der Waals surface area contributed by atoms with E-state index in [1.807, 2.05) is 19.1 Å². The van der Waals surface area contributed by atoms with Gasteiger partial charge < -0.3 is 4.74 Å². The smallest absolute Gasteiger partial charge is 0.429 e. The first-order valence-corrected chi connectivity index (χ1v) is 7.91. The first kappa shape index (κ1) is 19.0. The third kappa shape index (κ3) is 7.65. The van der Waals surface area contributed by atoms with Gasteiger partial charge in [0.15, 0.2) is 0 Å². The van der Waals surface area contributed by atoms with Crippen molar-refractivity contribution < 1.29 is 29.1 Å². The van der Waals surface area contributed by atoms with Gasteiger partial charge in [0.2, 0.25) is 0 Å². The molecule has 23 heavy (non-hydrogen) atoms. The Labute approximate surface area is 136 Å². The Morgan fingerprint density at radius 2 is 1.74 bits per heavy atom. The number of aryl methyl sites for hydroxylation is 1. The van der Waals surface area contributed by atoms with Gasteiger partial charge >= 0.3 is 12.1 Å². The molecule has 0 amide bonds. The predicted octanol–water partition coefficient (Wildman–Crippen LogP) is 4.37. The summed E-state index contributed by atoms with van der Waals surface area (Å²) in [4.78, 5) is 31.4. The lowest BCUT2D eigenvalue weighted by atomic mass is 10.1. The maximum absolute atomic E-state index is 11.7. The van der Waals surface area contributed by atoms with Gasteiger partial charge in [0.25, 0.3) is 0 Å². The van der Waals surface area contributed by atoms with Crippen LogP contribution in [0.5, 0.6) is 0 Å². The Bertz CT molecular complexity index is 482. The molecule has 6 heteroatoms. The van der Waals surface area contributed by atoms with Gasteiger partial charge in [0.1, 0.15) is 6.10 Å². The number of hydrogen-bond acceptors (Lipinski definition) is 6. The fraction of sp³-hybridized carbons (Fsp3) is 0.529. The van der Waals surface area contributed by atoms with Gasteiger partial charge in [-0.15, -0.1) is 0 Å². The molecule has 0 heterocycles. The Morgan fingerprint density at radius 3 is 2.35 bits per heavy atom. The van der Waals surface area contributed by atoms with Crippen LogP contribution in [0.4, 0.5) is 4.79 Å². The van der Waals surface area contributed by atoms with Crippen LogP contribution >= 0.6 is 0 Å². The summed E-state index contributed by atoms with van der Waals surface area (Å²) >= 11 is 0. The van der Waals surface area contributed by atoms with Crippen molar-refractivity contribution in [2.24, 2.45) is 0 Å². The second-order valence-corrected chi connectivity index (χ2v) is 5.26. The molecular weight excluding hydrogens is 300 g/mol. The molecule has 0 aliphatic carbocycles. The van der Waals surface area contributed by atoms with Crippen LogP contribution in [0.25, 0.3) is 0 Å². The lowest BCUT2D eigenvalue weighted by Gasteiger charge is -2.08. The van der Waals surface area contributed by atoms with E-state index in [2.05, 4.69) is 21.7 Å². The van der Waals surface area contributed by atoms with Crippen LogP contribution in [0.2, 0.25) is 0 Å². The van der Waals surface area contributed by atoms with Crippen molar-refractivity contribution in [3.8, 4) is 0 Å². The van der Waals surface area contributed by atoms with Gasteiger partial charge in [0, 0.05) is 0 Å². The molecule has 1 aromatic carbocycles. The van der Waals surface area contributed by atoms with E-state index < -0.39 is 12.1 Å². The molecular formula is C17H24O6. The van der Waals surface area contributed by atoms with Gasteiger partial charge in [-0.25, -0.2) is 14.5 Å². The molecule has 0 bridgehead atoms. The van der Waals surface area contributed by atoms with E-state index in [9.17, 15) is 9.59 Å². The zero-order chi connectivity index (χ0) is 17.1. The highest BCUT2D eigenvalue weighted by molar-refractivity contribution is 5.88. The molecule has 1 atom stereocenters. The third-order valence-corrected chi connectivity index (χ3v) is 3.34. The van der Waals surface area contributed by atoms with Crippen LogP contribution in [0.15, 0.2) is 24.3 Å². The van der Waals surface area contributed by atoms with E-state index >= 15 is 0 Å². The lowest BCUT2D eigenvalue weighted by Crippen LogP contribution is -2.16. The minimum absolute atomic E-state index is 0.304. The fourth-order valence-corrected chi connectivity index (χ4v) is 1.78. The molecule has 0 spiro atoms. The van der Waals surface area contributed by atoms with E-state index in [4.69, 9.17) is 4.74 Å². The quantitative estimate of drug-likeness (QED) is 0.291. The van der Waals surface area contributed by atoms with Crippen molar-refractivity contribution in [3.63, 3.8) is 0 Å². The molecule has 0 N–H and O–H groups in total. The highest BCUT2D eigenvalue weighted by Gasteiger charge is 2.14. The molecule has 1 aromatic rings. The summed E-state index contributed by atoms with van der Waals surface area (Å²) < 4.78 is 4.77. The summed E-state index contributed by atoms with van der Waals surface area (Å²) in [5.41, 5.74) is 1.47. The van der Waals surface area contributed by atoms with Crippen molar-refractivity contribution in [1.82, 2.24) is 0 Å². The van der Waals surface area contributed by atoms with Crippen LogP contribution in [-0.4, -0.2) is 18.2 Å². The van der Waals surface area contributed by atoms with Gasteiger partial charge in [0.05, 0.1) is 10.6 Å². The Hall–Kier alpha value is -2.08. The normalized spacial score (nSPS) is 11.6. The van der Waals surface area contributed by atoms with Crippen LogP contribution in [0, 0.1) is 0 Å². The van der Waals surface area contributed by atoms with Crippen molar-refractivity contribution >= 4 is 12.1 Å². The van der Waals surface area contributed by atoms with Crippen LogP contribution in [0.1, 0.15) is 62.4 Å². The van der Waals surface area contributed by atoms with Crippen LogP contribution in [-0.2, 0) is 26.0 Å². The highest BCUT2D eigenvalue weighted by Crippen LogP contribution is 2.10. The summed E-state index contributed by atoms with van der Waals surface area (Å²) in [5, 5.41) is 4.14. The van der Waals surface area contributed by atoms with Gasteiger partial charge in [-0.2, -0.15) is 0 Å². The van der Waals surface area contributed by atoms with Gasteiger partial charge in [-0.1, -0.05) is 38.8 Å². The lowest BCUT2D eigenvalue weighted by molar-refractivity contribution is -0.452. The zero-order valence-electron chi connectivity index (χ0n) is 13.9. The summed E-state index contributed by atoms with van der Waals surface area (Å²) in [6.07, 6.45) is 3.72. The minimum Gasteiger partial charge on any atom is -0.429 e. The topological polar surface area (TPSA) is 71.1 Å². The zero-order valence-corrected chi connectivity index (χ0v) is 13.9. The fourth-order valence-electron chi connectivity index (χ4n) is 1.78. The third-order valence-electron chi connectivity index (χ3n) is 3.34. The molecule has 0 fully saturated rings. The molecule has 128 valence electrons. The maximum atomic E-state index is 11.7. The number of carbonyl (C=O) groups excluding carboxylic acids is 2. The van der Waals surface area contributed by atoms with Crippen molar-refractivity contribution in [2.75, 3.05) is 0 Å². The van der Waals surface area contributed by atoms with Crippen molar-refractivity contribution in [2.45, 2.75) is 59.0 Å². The van der Waals surface area contributed by atoms with Crippen molar-refractivity contribution in [1.29, 1.82) is 0 Å². The number of hydrogen-bond donors (Lipinski definition) is 0. The Morgan fingerprint density at radius 1 is 1.04 bits per heavy atom. The highest BCUT2D eigenvalue weighted by atomic mass is 17.5. The first-order valence-electron chi connectivity index (χ1n) is 7.91. The van der Waals surface area contributed by atoms with Crippen LogP contribution in [0.3, 0.4) is 0 Å². The van der Waals surface area contributed by atoms with E-state index in [0.29, 0.717) is 12.0 Å². The number of unbranched alkanes of at least 4 members (excludes halogenated alkanes) is 2. The molecule has 0 aromatic heterocycles. The van der Waals surface area contributed by atoms with E-state index in [1.54, 1.807) is 19.1 Å². The van der Waals surface area contributed by atoms with Gasteiger partial charge in [-0.05, 0) is 43.9 Å². The molecule has 0 saturated heterocycles. The second kappa shape index (κ2) is 10.6. The second-order valence-electron chi connectivity index (χ2n) is 5.26. The monoisotopic (exact) mass is 324 g/mol. The average Bonchev–Trinajstić information content (AvgIpc) is 2.55. The van der Waals surface area contributed by atoms with Gasteiger partial charge in [-0.3, -0.25) is 4.89 Å². The molecule has 1 unspecified atom stereocenters. The number of benzene rings is 1. The Kier molecular flexibility index (Phi) is 8.75. The minimum atomic E-state index is -1.06. The maximum Gasteiger partial charge on any atom is 0.543 e. The summed E-state index contributed by atoms with van der Waals surface area (Å²) in [7, 11) is 0. The number of ether oxygens (including phenoxy) is 1. The van der Waals surface area contributed by atoms with E-state index in [1.165, 1.54) is 12.8 Å². The van der Waals surface area contributed by atoms with Crippen LogP contribution < -0.4 is 0 Å². The summed E-state index contributed by atoms with van der Waals surface area (Å²) in [5.74, 6) is -0.749. The standard InChI is InChI=1S/C17H24O6/c1-4-6-7-8-14-9-11-15(12-10-14)16(18)21-23-22-17(19)20-13(3)5-2/h9-13H,4-8H2,1-3H3. The molecule has 6 nitrogen and oxygen atoms in total. The number of rotatable bonds is 9. The molecule has 0 radical (unpaired) electrons. The van der Waals surface area contributed by atoms with E-state index in [0.717, 1.165) is 18.4 Å². The SMILES string of the molecule is CCCCCc1ccc(C(=O)OOOC(=O)OC(C)CC)cc1. The first-order chi connectivity index (χ1) is 11.1. The van der Waals surface area contributed by atoms with E-state index in [-0.39, 0.29) is 6.10 Å². The molecule has 0 saturated carbocycles. The molecule has 0 aliphatic rings. The van der Waals surface area contributed by atoms with Crippen molar-refractivity contribution in [3.05, 3.63) is 35.4 Å². The molecule has 1 rings (SSSR count). The molecule has 0 aliphatic heterocycles. The number of carbonyl (C=O) groups is 2. The predicted molar refractivity (Wildman–Crippen MR) is 83.5 cm³/mol. The summed E-state index contributed by atoms with van der Waals surface area (Å²) in [6.45, 7) is 5.71. The Balaban J connectivity index is 2.33. The largest absolute Gasteiger partial charge is 0.543 e. The summed E-state index contributed by atoms with van der Waals surface area (Å²) in [6, 6.07) is 7.02. The average molecular weight is 324 g/mol.